The summed E-state index contributed by atoms with van der Waals surface area (Å²) >= 11 is 0. The summed E-state index contributed by atoms with van der Waals surface area (Å²) in [5.74, 6) is -0.774. The number of Topliss-reactive ketones (excluding diaryl/α,β-unsaturated/α-hetero) is 1. The second-order valence-corrected chi connectivity index (χ2v) is 4.64. The van der Waals surface area contributed by atoms with Crippen molar-refractivity contribution in [3.8, 4) is 6.07 Å². The van der Waals surface area contributed by atoms with Gasteiger partial charge in [-0.1, -0.05) is 19.1 Å². The third-order valence-corrected chi connectivity index (χ3v) is 3.39. The molecule has 2 nitrogen and oxygen atoms in total. The number of rotatable bonds is 4. The SMILES string of the molecule is CC(C(=O)C(C#N)c1ccc(F)cc1)C1CC1. The van der Waals surface area contributed by atoms with Crippen LogP contribution in [0.5, 0.6) is 0 Å². The average Bonchev–Trinajstić information content (AvgIpc) is 3.15. The Hall–Kier alpha value is -1.69. The molecule has 0 aliphatic heterocycles. The first-order chi connectivity index (χ1) is 8.13. The highest BCUT2D eigenvalue weighted by Crippen LogP contribution is 2.39. The lowest BCUT2D eigenvalue weighted by atomic mass is 9.87. The smallest absolute Gasteiger partial charge is 0.157 e. The van der Waals surface area contributed by atoms with Crippen LogP contribution in [-0.2, 0) is 4.79 Å². The van der Waals surface area contributed by atoms with Gasteiger partial charge in [0.1, 0.15) is 11.7 Å². The number of carbonyl (C=O) groups is 1. The van der Waals surface area contributed by atoms with Crippen LogP contribution in [0.4, 0.5) is 4.39 Å². The molecular formula is C14H14FNO. The van der Waals surface area contributed by atoms with E-state index in [0.717, 1.165) is 12.8 Å². The van der Waals surface area contributed by atoms with Gasteiger partial charge in [-0.05, 0) is 36.5 Å². The molecule has 1 aliphatic rings. The van der Waals surface area contributed by atoms with Crippen LogP contribution in [0.1, 0.15) is 31.2 Å². The van der Waals surface area contributed by atoms with Gasteiger partial charge >= 0.3 is 0 Å². The van der Waals surface area contributed by atoms with E-state index in [-0.39, 0.29) is 17.5 Å². The second-order valence-electron chi connectivity index (χ2n) is 4.64. The maximum Gasteiger partial charge on any atom is 0.157 e. The molecule has 0 radical (unpaired) electrons. The molecule has 0 saturated heterocycles. The molecule has 1 fully saturated rings. The summed E-state index contributed by atoms with van der Waals surface area (Å²) in [4.78, 5) is 12.1. The maximum atomic E-state index is 12.8. The van der Waals surface area contributed by atoms with Gasteiger partial charge in [0, 0.05) is 5.92 Å². The van der Waals surface area contributed by atoms with E-state index in [1.54, 1.807) is 0 Å². The molecule has 3 heteroatoms. The van der Waals surface area contributed by atoms with Crippen molar-refractivity contribution in [3.63, 3.8) is 0 Å². The first kappa shape index (κ1) is 11.8. The summed E-state index contributed by atoms with van der Waals surface area (Å²) in [7, 11) is 0. The largest absolute Gasteiger partial charge is 0.298 e. The standard InChI is InChI=1S/C14H14FNO/c1-9(10-2-3-10)14(17)13(8-16)11-4-6-12(15)7-5-11/h4-7,9-10,13H,2-3H2,1H3. The van der Waals surface area contributed by atoms with Gasteiger partial charge < -0.3 is 0 Å². The van der Waals surface area contributed by atoms with E-state index in [1.807, 2.05) is 13.0 Å². The summed E-state index contributed by atoms with van der Waals surface area (Å²) in [5.41, 5.74) is 0.589. The number of hydrogen-bond acceptors (Lipinski definition) is 2. The normalized spacial score (nSPS) is 18.2. The average molecular weight is 231 g/mol. The van der Waals surface area contributed by atoms with Gasteiger partial charge in [-0.15, -0.1) is 0 Å². The van der Waals surface area contributed by atoms with Crippen LogP contribution in [-0.4, -0.2) is 5.78 Å². The lowest BCUT2D eigenvalue weighted by Crippen LogP contribution is -2.20. The Morgan fingerprint density at radius 2 is 2.00 bits per heavy atom. The number of ketones is 1. The number of nitrogens with zero attached hydrogens (tertiary/aromatic N) is 1. The monoisotopic (exact) mass is 231 g/mol. The molecule has 17 heavy (non-hydrogen) atoms. The molecule has 0 N–H and O–H groups in total. The molecule has 0 aromatic heterocycles. The van der Waals surface area contributed by atoms with Crippen molar-refractivity contribution in [2.24, 2.45) is 11.8 Å². The molecule has 1 aromatic carbocycles. The number of nitriles is 1. The highest BCUT2D eigenvalue weighted by Gasteiger charge is 2.36. The molecule has 2 rings (SSSR count). The molecule has 1 saturated carbocycles. The van der Waals surface area contributed by atoms with E-state index in [4.69, 9.17) is 5.26 Å². The summed E-state index contributed by atoms with van der Waals surface area (Å²) in [6.45, 7) is 1.88. The van der Waals surface area contributed by atoms with Crippen LogP contribution in [0.25, 0.3) is 0 Å². The summed E-state index contributed by atoms with van der Waals surface area (Å²) in [5, 5.41) is 9.11. The van der Waals surface area contributed by atoms with Gasteiger partial charge in [0.05, 0.1) is 6.07 Å². The molecule has 1 aliphatic carbocycles. The third kappa shape index (κ3) is 2.52. The lowest BCUT2D eigenvalue weighted by molar-refractivity contribution is -0.123. The van der Waals surface area contributed by atoms with Gasteiger partial charge in [-0.3, -0.25) is 4.79 Å². The Morgan fingerprint density at radius 1 is 1.41 bits per heavy atom. The Balaban J connectivity index is 2.18. The lowest BCUT2D eigenvalue weighted by Gasteiger charge is -2.13. The topological polar surface area (TPSA) is 40.9 Å². The van der Waals surface area contributed by atoms with Crippen molar-refractivity contribution in [1.82, 2.24) is 0 Å². The van der Waals surface area contributed by atoms with Crippen molar-refractivity contribution in [3.05, 3.63) is 35.6 Å². The molecule has 1 aromatic rings. The fraction of sp³-hybridized carbons (Fsp3) is 0.429. The van der Waals surface area contributed by atoms with E-state index in [1.165, 1.54) is 24.3 Å². The zero-order valence-electron chi connectivity index (χ0n) is 9.69. The van der Waals surface area contributed by atoms with Crippen LogP contribution in [0.2, 0.25) is 0 Å². The molecule has 0 heterocycles. The van der Waals surface area contributed by atoms with Gasteiger partial charge in [0.15, 0.2) is 5.78 Å². The van der Waals surface area contributed by atoms with Gasteiger partial charge in [-0.25, -0.2) is 4.39 Å². The van der Waals surface area contributed by atoms with Crippen LogP contribution in [0.3, 0.4) is 0 Å². The van der Waals surface area contributed by atoms with Crippen LogP contribution >= 0.6 is 0 Å². The fourth-order valence-corrected chi connectivity index (χ4v) is 2.05. The minimum atomic E-state index is -0.758. The van der Waals surface area contributed by atoms with Crippen LogP contribution < -0.4 is 0 Å². The Morgan fingerprint density at radius 3 is 2.47 bits per heavy atom. The fourth-order valence-electron chi connectivity index (χ4n) is 2.05. The van der Waals surface area contributed by atoms with Crippen LogP contribution in [0.15, 0.2) is 24.3 Å². The number of halogens is 1. The van der Waals surface area contributed by atoms with E-state index >= 15 is 0 Å². The van der Waals surface area contributed by atoms with Crippen molar-refractivity contribution < 1.29 is 9.18 Å². The van der Waals surface area contributed by atoms with E-state index in [9.17, 15) is 9.18 Å². The molecule has 88 valence electrons. The van der Waals surface area contributed by atoms with Crippen molar-refractivity contribution in [1.29, 1.82) is 5.26 Å². The zero-order chi connectivity index (χ0) is 12.4. The predicted molar refractivity (Wildman–Crippen MR) is 61.6 cm³/mol. The molecule has 0 bridgehead atoms. The summed E-state index contributed by atoms with van der Waals surface area (Å²) in [6, 6.07) is 7.63. The second kappa shape index (κ2) is 4.67. The van der Waals surface area contributed by atoms with Crippen molar-refractivity contribution in [2.45, 2.75) is 25.7 Å². The third-order valence-electron chi connectivity index (χ3n) is 3.39. The van der Waals surface area contributed by atoms with Gasteiger partial charge in [0.2, 0.25) is 0 Å². The predicted octanol–water partition coefficient (Wildman–Crippen LogP) is 3.05. The molecule has 2 unspecified atom stereocenters. The molecule has 0 amide bonds. The Kier molecular flexibility index (Phi) is 3.23. The number of benzene rings is 1. The first-order valence-electron chi connectivity index (χ1n) is 5.82. The molecule has 2 atom stereocenters. The van der Waals surface area contributed by atoms with Crippen LogP contribution in [0, 0.1) is 29.0 Å². The van der Waals surface area contributed by atoms with E-state index in [2.05, 4.69) is 0 Å². The van der Waals surface area contributed by atoms with Crippen molar-refractivity contribution >= 4 is 5.78 Å². The van der Waals surface area contributed by atoms with Gasteiger partial charge in [0.25, 0.3) is 0 Å². The summed E-state index contributed by atoms with van der Waals surface area (Å²) in [6.07, 6.45) is 2.16. The molecular weight excluding hydrogens is 217 g/mol. The minimum Gasteiger partial charge on any atom is -0.298 e. The quantitative estimate of drug-likeness (QED) is 0.799. The van der Waals surface area contributed by atoms with E-state index < -0.39 is 5.92 Å². The number of hydrogen-bond donors (Lipinski definition) is 0. The summed E-state index contributed by atoms with van der Waals surface area (Å²) < 4.78 is 12.8. The highest BCUT2D eigenvalue weighted by molar-refractivity contribution is 5.90. The zero-order valence-corrected chi connectivity index (χ0v) is 9.69. The number of carbonyl (C=O) groups excluding carboxylic acids is 1. The van der Waals surface area contributed by atoms with E-state index in [0.29, 0.717) is 11.5 Å². The first-order valence-corrected chi connectivity index (χ1v) is 5.82. The molecule has 0 spiro atoms. The van der Waals surface area contributed by atoms with Gasteiger partial charge in [-0.2, -0.15) is 5.26 Å². The highest BCUT2D eigenvalue weighted by atomic mass is 19.1. The Bertz CT molecular complexity index is 456. The minimum absolute atomic E-state index is 0.0402. The maximum absolute atomic E-state index is 12.8. The Labute approximate surface area is 100 Å². The van der Waals surface area contributed by atoms with Crippen molar-refractivity contribution in [2.75, 3.05) is 0 Å².